The third-order valence-corrected chi connectivity index (χ3v) is 8.15. The molecule has 198 valence electrons. The van der Waals surface area contributed by atoms with E-state index in [4.69, 9.17) is 16.6 Å². The molecule has 9 nitrogen and oxygen atoms in total. The van der Waals surface area contributed by atoms with Crippen molar-refractivity contribution in [3.63, 3.8) is 0 Å². The van der Waals surface area contributed by atoms with E-state index in [9.17, 15) is 14.4 Å². The van der Waals surface area contributed by atoms with Gasteiger partial charge in [0.05, 0.1) is 34.1 Å². The fraction of sp³-hybridized carbons (Fsp3) is 0.207. The molecule has 2 unspecified atom stereocenters. The molecule has 0 bridgehead atoms. The first-order chi connectivity index (χ1) is 19.4. The molecule has 11 heteroatoms. The number of amides is 1. The lowest BCUT2D eigenvalue weighted by Gasteiger charge is -2.21. The van der Waals surface area contributed by atoms with Crippen LogP contribution in [0.1, 0.15) is 15.9 Å². The van der Waals surface area contributed by atoms with Gasteiger partial charge in [0.2, 0.25) is 0 Å². The van der Waals surface area contributed by atoms with Crippen LogP contribution in [0.3, 0.4) is 0 Å². The van der Waals surface area contributed by atoms with Gasteiger partial charge < -0.3 is 10.2 Å². The van der Waals surface area contributed by atoms with Crippen molar-refractivity contribution in [3.05, 3.63) is 89.3 Å². The lowest BCUT2D eigenvalue weighted by molar-refractivity contribution is 0.0943. The van der Waals surface area contributed by atoms with Gasteiger partial charge in [-0.15, -0.1) is 0 Å². The highest BCUT2D eigenvalue weighted by atomic mass is 35.5. The molecule has 7 rings (SSSR count). The van der Waals surface area contributed by atoms with Crippen molar-refractivity contribution in [2.45, 2.75) is 6.04 Å². The zero-order valence-corrected chi connectivity index (χ0v) is 22.0. The second kappa shape index (κ2) is 9.17. The van der Waals surface area contributed by atoms with Gasteiger partial charge >= 0.3 is 0 Å². The first-order valence-electron chi connectivity index (χ1n) is 12.8. The van der Waals surface area contributed by atoms with Gasteiger partial charge in [-0.2, -0.15) is 15.5 Å². The van der Waals surface area contributed by atoms with Crippen LogP contribution in [0.25, 0.3) is 27.8 Å². The van der Waals surface area contributed by atoms with Gasteiger partial charge in [0.25, 0.3) is 5.91 Å². The molecular formula is C29H22ClFN8O. The average Bonchev–Trinajstić information content (AvgIpc) is 3.40. The quantitative estimate of drug-likeness (QED) is 0.348. The number of anilines is 1. The third-order valence-electron chi connectivity index (χ3n) is 7.83. The third kappa shape index (κ3) is 3.98. The second-order valence-corrected chi connectivity index (χ2v) is 10.6. The molecule has 1 aromatic carbocycles. The Kier molecular flexibility index (Phi) is 5.57. The van der Waals surface area contributed by atoms with E-state index in [1.54, 1.807) is 21.6 Å². The molecule has 0 radical (unpaired) electrons. The van der Waals surface area contributed by atoms with Gasteiger partial charge in [-0.25, -0.2) is 13.9 Å². The number of pyridine rings is 2. The highest BCUT2D eigenvalue weighted by Crippen LogP contribution is 2.47. The summed E-state index contributed by atoms with van der Waals surface area (Å²) in [5.41, 5.74) is 4.70. The molecule has 5 aromatic rings. The van der Waals surface area contributed by atoms with Crippen LogP contribution < -0.4 is 10.2 Å². The van der Waals surface area contributed by atoms with Crippen LogP contribution in [0.4, 0.5) is 10.2 Å². The van der Waals surface area contributed by atoms with E-state index in [1.165, 1.54) is 18.2 Å². The second-order valence-electron chi connectivity index (χ2n) is 10.2. The number of aryl methyl sites for hydroxylation is 1. The standard InChI is InChI=1S/C29H22ClFN8O/c1-37-12-19(11-34-37)17-7-20(28-18(8-32)10-35-39(28)13-17)16-5-6-25(33-9-16)38-14-21-22(15-38)27(21)36-29(40)26-23(30)3-2-4-24(26)31/h2-7,9-13,21-22,27H,14-15H2,1H3,(H,36,40). The summed E-state index contributed by atoms with van der Waals surface area (Å²) in [6, 6.07) is 12.5. The van der Waals surface area contributed by atoms with Crippen LogP contribution in [0, 0.1) is 29.0 Å². The van der Waals surface area contributed by atoms with Gasteiger partial charge in [-0.3, -0.25) is 9.48 Å². The molecule has 1 saturated carbocycles. The fourth-order valence-electron chi connectivity index (χ4n) is 5.75. The Morgan fingerprint density at radius 3 is 2.58 bits per heavy atom. The van der Waals surface area contributed by atoms with Crippen molar-refractivity contribution in [3.8, 4) is 28.3 Å². The summed E-state index contributed by atoms with van der Waals surface area (Å²) in [5, 5.41) is 21.4. The largest absolute Gasteiger partial charge is 0.356 e. The fourth-order valence-corrected chi connectivity index (χ4v) is 6.00. The van der Waals surface area contributed by atoms with Crippen molar-refractivity contribution in [2.24, 2.45) is 18.9 Å². The molecule has 1 N–H and O–H groups in total. The molecule has 1 amide bonds. The zero-order valence-electron chi connectivity index (χ0n) is 21.3. The topological polar surface area (TPSA) is 104 Å². The number of nitrogens with zero attached hydrogens (tertiary/aromatic N) is 7. The molecular weight excluding hydrogens is 531 g/mol. The van der Waals surface area contributed by atoms with Gasteiger partial charge in [0.1, 0.15) is 17.7 Å². The Labute approximate surface area is 233 Å². The monoisotopic (exact) mass is 552 g/mol. The van der Waals surface area contributed by atoms with Crippen LogP contribution in [0.5, 0.6) is 0 Å². The molecule has 4 aromatic heterocycles. The van der Waals surface area contributed by atoms with Crippen LogP contribution >= 0.6 is 11.6 Å². The van der Waals surface area contributed by atoms with Crippen molar-refractivity contribution in [1.29, 1.82) is 5.26 Å². The minimum absolute atomic E-state index is 0.00605. The van der Waals surface area contributed by atoms with Crippen molar-refractivity contribution < 1.29 is 9.18 Å². The average molecular weight is 553 g/mol. The lowest BCUT2D eigenvalue weighted by atomic mass is 10.0. The van der Waals surface area contributed by atoms with E-state index >= 15 is 0 Å². The van der Waals surface area contributed by atoms with E-state index < -0.39 is 11.7 Å². The molecule has 2 atom stereocenters. The molecule has 1 saturated heterocycles. The van der Waals surface area contributed by atoms with E-state index in [0.29, 0.717) is 5.56 Å². The number of nitrogens with one attached hydrogen (secondary N) is 1. The van der Waals surface area contributed by atoms with Crippen molar-refractivity contribution >= 4 is 28.8 Å². The van der Waals surface area contributed by atoms with Gasteiger partial charge in [-0.1, -0.05) is 17.7 Å². The molecule has 2 aliphatic rings. The Hall–Kier alpha value is -4.75. The first-order valence-corrected chi connectivity index (χ1v) is 13.2. The Bertz CT molecular complexity index is 1810. The molecule has 5 heterocycles. The number of fused-ring (bicyclic) bond motifs is 2. The first kappa shape index (κ1) is 24.3. The molecule has 2 fully saturated rings. The van der Waals surface area contributed by atoms with Crippen molar-refractivity contribution in [1.82, 2.24) is 29.7 Å². The number of halogens is 2. The van der Waals surface area contributed by atoms with Crippen LogP contribution in [0.2, 0.25) is 5.02 Å². The van der Waals surface area contributed by atoms with Crippen LogP contribution in [0.15, 0.2) is 67.4 Å². The highest BCUT2D eigenvalue weighted by molar-refractivity contribution is 6.33. The predicted molar refractivity (Wildman–Crippen MR) is 147 cm³/mol. The number of carbonyl (C=O) groups excluding carboxylic acids is 1. The minimum Gasteiger partial charge on any atom is -0.356 e. The Morgan fingerprint density at radius 1 is 1.07 bits per heavy atom. The summed E-state index contributed by atoms with van der Waals surface area (Å²) >= 11 is 6.05. The summed E-state index contributed by atoms with van der Waals surface area (Å²) in [5.74, 6) is 0.288. The summed E-state index contributed by atoms with van der Waals surface area (Å²) in [6.07, 6.45) is 9.00. The van der Waals surface area contributed by atoms with Gasteiger partial charge in [-0.05, 0) is 30.3 Å². The number of aromatic nitrogens is 5. The molecule has 0 spiro atoms. The number of rotatable bonds is 5. The molecule has 1 aliphatic heterocycles. The van der Waals surface area contributed by atoms with E-state index in [0.717, 1.165) is 46.7 Å². The zero-order chi connectivity index (χ0) is 27.5. The molecule has 40 heavy (non-hydrogen) atoms. The summed E-state index contributed by atoms with van der Waals surface area (Å²) in [6.45, 7) is 1.49. The maximum absolute atomic E-state index is 14.1. The number of piperidine rings is 1. The minimum atomic E-state index is -0.622. The van der Waals surface area contributed by atoms with E-state index in [1.807, 2.05) is 43.8 Å². The smallest absolute Gasteiger partial charge is 0.256 e. The maximum Gasteiger partial charge on any atom is 0.256 e. The highest BCUT2D eigenvalue weighted by Gasteiger charge is 2.56. The number of hydrogen-bond donors (Lipinski definition) is 1. The van der Waals surface area contributed by atoms with Crippen LogP contribution in [-0.4, -0.2) is 49.4 Å². The van der Waals surface area contributed by atoms with Crippen molar-refractivity contribution in [2.75, 3.05) is 18.0 Å². The number of carbonyl (C=O) groups is 1. The molecule has 1 aliphatic carbocycles. The predicted octanol–water partition coefficient (Wildman–Crippen LogP) is 4.33. The van der Waals surface area contributed by atoms with Gasteiger partial charge in [0.15, 0.2) is 0 Å². The van der Waals surface area contributed by atoms with E-state index in [-0.39, 0.29) is 28.5 Å². The summed E-state index contributed by atoms with van der Waals surface area (Å²) < 4.78 is 17.6. The number of benzene rings is 1. The summed E-state index contributed by atoms with van der Waals surface area (Å²) in [7, 11) is 1.87. The maximum atomic E-state index is 14.1. The van der Waals surface area contributed by atoms with Crippen LogP contribution in [-0.2, 0) is 7.05 Å². The normalized spacial score (nSPS) is 19.4. The number of hydrogen-bond acceptors (Lipinski definition) is 6. The van der Waals surface area contributed by atoms with Gasteiger partial charge in [0, 0.05) is 78.9 Å². The Balaban J connectivity index is 1.10. The lowest BCUT2D eigenvalue weighted by Crippen LogP contribution is -2.35. The Morgan fingerprint density at radius 2 is 1.90 bits per heavy atom. The SMILES string of the molecule is Cn1cc(-c2cc(-c3ccc(N4CC5C(C4)C5NC(=O)c4c(F)cccc4Cl)nc3)c3c(C#N)cnn3c2)cn1. The summed E-state index contributed by atoms with van der Waals surface area (Å²) in [4.78, 5) is 19.6. The van der Waals surface area contributed by atoms with E-state index in [2.05, 4.69) is 26.5 Å². The number of nitriles is 1.